The maximum Gasteiger partial charge on any atom is 0.253 e. The fraction of sp³-hybridized carbons (Fsp3) is 0.471. The van der Waals surface area contributed by atoms with Crippen LogP contribution in [0.1, 0.15) is 39.0 Å². The van der Waals surface area contributed by atoms with Crippen molar-refractivity contribution in [1.29, 1.82) is 0 Å². The second-order valence-electron chi connectivity index (χ2n) is 5.44. The van der Waals surface area contributed by atoms with Crippen molar-refractivity contribution >= 4 is 27.5 Å². The summed E-state index contributed by atoms with van der Waals surface area (Å²) in [7, 11) is 0. The molecule has 1 aromatic rings. The number of hydrogen-bond acceptors (Lipinski definition) is 2. The molecule has 0 bridgehead atoms. The minimum atomic E-state index is -1.25. The van der Waals surface area contributed by atoms with Crippen molar-refractivity contribution in [2.24, 2.45) is 0 Å². The van der Waals surface area contributed by atoms with Gasteiger partial charge in [-0.1, -0.05) is 60.3 Å². The Morgan fingerprint density at radius 3 is 2.52 bits per heavy atom. The van der Waals surface area contributed by atoms with Gasteiger partial charge < -0.3 is 5.11 Å². The highest BCUT2D eigenvalue weighted by Gasteiger charge is 2.45. The van der Waals surface area contributed by atoms with E-state index in [0.29, 0.717) is 5.33 Å². The van der Waals surface area contributed by atoms with Gasteiger partial charge in [0.25, 0.3) is 5.91 Å². The minimum absolute atomic E-state index is 0.145. The fourth-order valence-corrected chi connectivity index (χ4v) is 3.34. The first-order chi connectivity index (χ1) is 10.1. The molecule has 0 saturated carbocycles. The van der Waals surface area contributed by atoms with Gasteiger partial charge in [0, 0.05) is 11.8 Å². The largest absolute Gasteiger partial charge is 0.366 e. The van der Waals surface area contributed by atoms with E-state index >= 15 is 0 Å². The Bertz CT molecular complexity index is 515. The molecular formula is C17H22BrNO2. The van der Waals surface area contributed by atoms with Crippen LogP contribution in [0.2, 0.25) is 0 Å². The molecule has 21 heavy (non-hydrogen) atoms. The number of carbonyl (C=O) groups is 1. The molecule has 0 saturated heterocycles. The molecule has 1 unspecified atom stereocenters. The molecule has 1 atom stereocenters. The summed E-state index contributed by atoms with van der Waals surface area (Å²) < 4.78 is 0. The van der Waals surface area contributed by atoms with E-state index in [4.69, 9.17) is 0 Å². The third kappa shape index (κ3) is 3.38. The number of aliphatic hydroxyl groups is 1. The zero-order valence-corrected chi connectivity index (χ0v) is 14.0. The van der Waals surface area contributed by atoms with E-state index in [0.717, 1.165) is 30.5 Å². The van der Waals surface area contributed by atoms with Gasteiger partial charge in [0.2, 0.25) is 0 Å². The summed E-state index contributed by atoms with van der Waals surface area (Å²) in [6, 6.07) is 9.34. The van der Waals surface area contributed by atoms with Crippen LogP contribution in [0.15, 0.2) is 42.0 Å². The number of halogens is 1. The van der Waals surface area contributed by atoms with E-state index in [1.165, 1.54) is 17.7 Å². The molecule has 0 spiro atoms. The molecule has 1 aromatic carbocycles. The second-order valence-corrected chi connectivity index (χ2v) is 6.00. The van der Waals surface area contributed by atoms with Gasteiger partial charge in [-0.25, -0.2) is 0 Å². The Morgan fingerprint density at radius 1 is 1.19 bits per heavy atom. The van der Waals surface area contributed by atoms with E-state index in [2.05, 4.69) is 22.9 Å². The zero-order chi connectivity index (χ0) is 15.3. The lowest BCUT2D eigenvalue weighted by atomic mass is 9.99. The normalized spacial score (nSPS) is 21.8. The number of benzene rings is 1. The summed E-state index contributed by atoms with van der Waals surface area (Å²) in [6.07, 6.45) is 6.86. The molecule has 0 fully saturated rings. The highest BCUT2D eigenvalue weighted by Crippen LogP contribution is 2.37. The van der Waals surface area contributed by atoms with Gasteiger partial charge in [0.05, 0.1) is 5.33 Å². The maximum atomic E-state index is 12.3. The summed E-state index contributed by atoms with van der Waals surface area (Å²) in [4.78, 5) is 13.8. The van der Waals surface area contributed by atoms with Crippen molar-refractivity contribution in [3.8, 4) is 0 Å². The van der Waals surface area contributed by atoms with Crippen molar-refractivity contribution in [1.82, 2.24) is 0 Å². The van der Waals surface area contributed by atoms with Crippen LogP contribution in [0.3, 0.4) is 0 Å². The molecule has 1 aliphatic rings. The van der Waals surface area contributed by atoms with Crippen LogP contribution in [0.5, 0.6) is 0 Å². The Morgan fingerprint density at radius 2 is 1.90 bits per heavy atom. The zero-order valence-electron chi connectivity index (χ0n) is 12.4. The number of hydrogen-bond donors (Lipinski definition) is 1. The monoisotopic (exact) mass is 351 g/mol. The van der Waals surface area contributed by atoms with Crippen LogP contribution in [0, 0.1) is 0 Å². The maximum absolute atomic E-state index is 12.3. The molecule has 0 radical (unpaired) electrons. The van der Waals surface area contributed by atoms with Crippen LogP contribution < -0.4 is 4.90 Å². The van der Waals surface area contributed by atoms with Crippen LogP contribution in [-0.2, 0) is 4.79 Å². The molecule has 0 aliphatic carbocycles. The highest BCUT2D eigenvalue weighted by atomic mass is 79.9. The van der Waals surface area contributed by atoms with E-state index in [1.54, 1.807) is 6.08 Å². The highest BCUT2D eigenvalue weighted by molar-refractivity contribution is 9.09. The molecule has 1 aliphatic heterocycles. The van der Waals surface area contributed by atoms with E-state index < -0.39 is 5.72 Å². The van der Waals surface area contributed by atoms with E-state index in [-0.39, 0.29) is 5.91 Å². The second kappa shape index (κ2) is 7.23. The number of amides is 1. The first kappa shape index (κ1) is 16.2. The van der Waals surface area contributed by atoms with Gasteiger partial charge in [-0.15, -0.1) is 0 Å². The number of para-hydroxylation sites is 1. The lowest BCUT2D eigenvalue weighted by Gasteiger charge is -2.35. The van der Waals surface area contributed by atoms with Crippen molar-refractivity contribution in [3.05, 3.63) is 42.0 Å². The predicted octanol–water partition coefficient (Wildman–Crippen LogP) is 4.01. The van der Waals surface area contributed by atoms with Gasteiger partial charge in [-0.2, -0.15) is 0 Å². The Labute approximate surface area is 134 Å². The number of anilines is 1. The number of unbranched alkanes of at least 4 members (excludes halogenated alkanes) is 3. The summed E-state index contributed by atoms with van der Waals surface area (Å²) in [5.41, 5.74) is 0.290. The molecule has 0 aromatic heterocycles. The smallest absolute Gasteiger partial charge is 0.253 e. The van der Waals surface area contributed by atoms with Gasteiger partial charge in [-0.3, -0.25) is 9.69 Å². The average Bonchev–Trinajstić information content (AvgIpc) is 2.76. The van der Waals surface area contributed by atoms with Gasteiger partial charge in [-0.05, 0) is 30.5 Å². The summed E-state index contributed by atoms with van der Waals surface area (Å²) in [5, 5.41) is 11.3. The number of carbonyl (C=O) groups excluding carboxylic acids is 1. The Hall–Kier alpha value is -1.13. The molecule has 1 heterocycles. The molecular weight excluding hydrogens is 330 g/mol. The molecule has 4 heteroatoms. The lowest BCUT2D eigenvalue weighted by Crippen LogP contribution is -2.50. The number of alkyl halides is 1. The lowest BCUT2D eigenvalue weighted by molar-refractivity contribution is -0.115. The Kier molecular flexibility index (Phi) is 5.59. The number of nitrogens with zero attached hydrogens (tertiary/aromatic N) is 1. The van der Waals surface area contributed by atoms with E-state index in [1.807, 2.05) is 30.3 Å². The minimum Gasteiger partial charge on any atom is -0.366 e. The van der Waals surface area contributed by atoms with Crippen molar-refractivity contribution < 1.29 is 9.90 Å². The summed E-state index contributed by atoms with van der Waals surface area (Å²) in [5.74, 6) is -0.145. The quantitative estimate of drug-likeness (QED) is 0.595. The van der Waals surface area contributed by atoms with Crippen LogP contribution in [0.4, 0.5) is 5.69 Å². The van der Waals surface area contributed by atoms with Crippen molar-refractivity contribution in [2.75, 3.05) is 10.2 Å². The fourth-order valence-electron chi connectivity index (χ4n) is 2.73. The molecule has 1 amide bonds. The van der Waals surface area contributed by atoms with Crippen LogP contribution in [0.25, 0.3) is 0 Å². The van der Waals surface area contributed by atoms with E-state index in [9.17, 15) is 9.90 Å². The topological polar surface area (TPSA) is 40.5 Å². The van der Waals surface area contributed by atoms with Gasteiger partial charge in [0.1, 0.15) is 0 Å². The molecule has 1 N–H and O–H groups in total. The Balaban J connectivity index is 2.17. The molecule has 3 nitrogen and oxygen atoms in total. The first-order valence-corrected chi connectivity index (χ1v) is 8.64. The number of rotatable bonds is 7. The molecule has 114 valence electrons. The molecule has 2 rings (SSSR count). The van der Waals surface area contributed by atoms with Gasteiger partial charge in [0.15, 0.2) is 5.72 Å². The first-order valence-electron chi connectivity index (χ1n) is 7.52. The van der Waals surface area contributed by atoms with Crippen LogP contribution >= 0.6 is 15.9 Å². The van der Waals surface area contributed by atoms with Gasteiger partial charge >= 0.3 is 0 Å². The van der Waals surface area contributed by atoms with Crippen molar-refractivity contribution in [2.45, 2.75) is 44.8 Å². The summed E-state index contributed by atoms with van der Waals surface area (Å²) >= 11 is 3.38. The van der Waals surface area contributed by atoms with Crippen LogP contribution in [-0.4, -0.2) is 22.1 Å². The predicted molar refractivity (Wildman–Crippen MR) is 89.5 cm³/mol. The third-order valence-electron chi connectivity index (χ3n) is 3.90. The third-order valence-corrected chi connectivity index (χ3v) is 4.68. The average molecular weight is 352 g/mol. The van der Waals surface area contributed by atoms with Crippen molar-refractivity contribution in [3.63, 3.8) is 0 Å². The summed E-state index contributed by atoms with van der Waals surface area (Å²) in [6.45, 7) is 2.17. The standard InChI is InChI=1S/C17H22BrNO2/c1-2-3-4-6-9-14-12-16(20)19(17(14,21)13-18)15-10-7-5-8-11-15/h5,7-8,10-12,21H,2-4,6,9,13H2,1H3. The SMILES string of the molecule is CCCCCCC1=CC(=O)N(c2ccccc2)C1(O)CBr.